The number of hydrogen-bond donors (Lipinski definition) is 1. The second-order valence-electron chi connectivity index (χ2n) is 6.16. The van der Waals surface area contributed by atoms with Crippen LogP contribution in [0.2, 0.25) is 0 Å². The highest BCUT2D eigenvalue weighted by molar-refractivity contribution is 5.26. The van der Waals surface area contributed by atoms with Crippen molar-refractivity contribution < 1.29 is 9.47 Å². The van der Waals surface area contributed by atoms with Gasteiger partial charge in [0.15, 0.2) is 5.82 Å². The van der Waals surface area contributed by atoms with Crippen LogP contribution in [0.4, 0.5) is 0 Å². The molecule has 1 aliphatic carbocycles. The third kappa shape index (κ3) is 3.10. The number of methoxy groups -OCH3 is 1. The molecule has 5 nitrogen and oxygen atoms in total. The molecule has 0 radical (unpaired) electrons. The number of nitrogens with zero attached hydrogens (tertiary/aromatic N) is 2. The standard InChI is InChI=1S/C16H25N3O2/c1-11-14(10-17-13-4-5-13)12(2)19-15(18-11)16(20-3)6-8-21-9-7-16/h13,17H,4-10H2,1-3H3. The van der Waals surface area contributed by atoms with E-state index in [4.69, 9.17) is 19.4 Å². The number of hydrogen-bond acceptors (Lipinski definition) is 5. The van der Waals surface area contributed by atoms with E-state index in [1.807, 2.05) is 0 Å². The Morgan fingerprint density at radius 1 is 1.19 bits per heavy atom. The van der Waals surface area contributed by atoms with Gasteiger partial charge in [0.2, 0.25) is 0 Å². The second kappa shape index (κ2) is 5.99. The van der Waals surface area contributed by atoms with Gasteiger partial charge in [0.25, 0.3) is 0 Å². The molecular weight excluding hydrogens is 266 g/mol. The monoisotopic (exact) mass is 291 g/mol. The van der Waals surface area contributed by atoms with Crippen molar-refractivity contribution in [3.63, 3.8) is 0 Å². The van der Waals surface area contributed by atoms with Gasteiger partial charge in [-0.3, -0.25) is 0 Å². The zero-order chi connectivity index (χ0) is 14.9. The summed E-state index contributed by atoms with van der Waals surface area (Å²) in [5.74, 6) is 0.818. The molecule has 2 aliphatic rings. The van der Waals surface area contributed by atoms with Crippen LogP contribution in [0.1, 0.15) is 48.5 Å². The molecule has 1 aromatic rings. The van der Waals surface area contributed by atoms with Crippen molar-refractivity contribution in [2.24, 2.45) is 0 Å². The number of aryl methyl sites for hydroxylation is 2. The quantitative estimate of drug-likeness (QED) is 0.899. The maximum atomic E-state index is 5.80. The average molecular weight is 291 g/mol. The molecular formula is C16H25N3O2. The maximum Gasteiger partial charge on any atom is 0.160 e. The Morgan fingerprint density at radius 2 is 1.81 bits per heavy atom. The lowest BCUT2D eigenvalue weighted by atomic mass is 9.92. The molecule has 1 aliphatic heterocycles. The van der Waals surface area contributed by atoms with E-state index in [9.17, 15) is 0 Å². The summed E-state index contributed by atoms with van der Waals surface area (Å²) in [7, 11) is 1.75. The van der Waals surface area contributed by atoms with Crippen molar-refractivity contribution in [3.8, 4) is 0 Å². The first kappa shape index (κ1) is 14.9. The molecule has 1 aromatic heterocycles. The summed E-state index contributed by atoms with van der Waals surface area (Å²) in [5.41, 5.74) is 2.97. The van der Waals surface area contributed by atoms with Gasteiger partial charge >= 0.3 is 0 Å². The Morgan fingerprint density at radius 3 is 2.33 bits per heavy atom. The summed E-state index contributed by atoms with van der Waals surface area (Å²) in [4.78, 5) is 9.53. The largest absolute Gasteiger partial charge is 0.381 e. The van der Waals surface area contributed by atoms with Gasteiger partial charge in [-0.1, -0.05) is 0 Å². The van der Waals surface area contributed by atoms with E-state index in [0.29, 0.717) is 19.3 Å². The molecule has 21 heavy (non-hydrogen) atoms. The topological polar surface area (TPSA) is 56.3 Å². The number of aromatic nitrogens is 2. The molecule has 0 unspecified atom stereocenters. The van der Waals surface area contributed by atoms with E-state index >= 15 is 0 Å². The lowest BCUT2D eigenvalue weighted by Gasteiger charge is -2.34. The van der Waals surface area contributed by atoms with Gasteiger partial charge in [-0.05, 0) is 26.7 Å². The van der Waals surface area contributed by atoms with Crippen molar-refractivity contribution in [1.29, 1.82) is 0 Å². The van der Waals surface area contributed by atoms with Crippen LogP contribution in [0, 0.1) is 13.8 Å². The number of ether oxygens (including phenoxy) is 2. The summed E-state index contributed by atoms with van der Waals surface area (Å²) in [6.07, 6.45) is 4.23. The Hall–Kier alpha value is -1.04. The van der Waals surface area contributed by atoms with E-state index in [2.05, 4.69) is 19.2 Å². The zero-order valence-electron chi connectivity index (χ0n) is 13.2. The lowest BCUT2D eigenvalue weighted by molar-refractivity contribution is -0.100. The summed E-state index contributed by atoms with van der Waals surface area (Å²) in [6.45, 7) is 6.43. The Balaban J connectivity index is 1.85. The van der Waals surface area contributed by atoms with Gasteiger partial charge in [-0.15, -0.1) is 0 Å². The van der Waals surface area contributed by atoms with Crippen LogP contribution in [0.15, 0.2) is 0 Å². The van der Waals surface area contributed by atoms with E-state index in [1.165, 1.54) is 18.4 Å². The lowest BCUT2D eigenvalue weighted by Crippen LogP contribution is -2.38. The van der Waals surface area contributed by atoms with Gasteiger partial charge in [0.05, 0.1) is 0 Å². The Labute approximate surface area is 126 Å². The molecule has 2 fully saturated rings. The molecule has 116 valence electrons. The van der Waals surface area contributed by atoms with Crippen LogP contribution >= 0.6 is 0 Å². The van der Waals surface area contributed by atoms with Crippen molar-refractivity contribution in [2.45, 2.75) is 57.7 Å². The van der Waals surface area contributed by atoms with Crippen LogP contribution in [0.5, 0.6) is 0 Å². The maximum absolute atomic E-state index is 5.80. The average Bonchev–Trinajstić information content (AvgIpc) is 3.31. The van der Waals surface area contributed by atoms with Gasteiger partial charge in [0.1, 0.15) is 5.60 Å². The van der Waals surface area contributed by atoms with Gasteiger partial charge < -0.3 is 14.8 Å². The zero-order valence-corrected chi connectivity index (χ0v) is 13.2. The van der Waals surface area contributed by atoms with Crippen molar-refractivity contribution >= 4 is 0 Å². The summed E-state index contributed by atoms with van der Waals surface area (Å²) >= 11 is 0. The van der Waals surface area contributed by atoms with Crippen molar-refractivity contribution in [2.75, 3.05) is 20.3 Å². The van der Waals surface area contributed by atoms with Gasteiger partial charge in [0, 0.05) is 62.7 Å². The molecule has 1 N–H and O–H groups in total. The molecule has 3 rings (SSSR count). The SMILES string of the molecule is COC1(c2nc(C)c(CNC3CC3)c(C)n2)CCOCC1. The van der Waals surface area contributed by atoms with Crippen molar-refractivity contribution in [3.05, 3.63) is 22.8 Å². The minimum Gasteiger partial charge on any atom is -0.381 e. The predicted octanol–water partition coefficient (Wildman–Crippen LogP) is 2.00. The third-order valence-corrected chi connectivity index (χ3v) is 4.66. The second-order valence-corrected chi connectivity index (χ2v) is 6.16. The molecule has 1 saturated heterocycles. The van der Waals surface area contributed by atoms with E-state index < -0.39 is 0 Å². The molecule has 0 bridgehead atoms. The van der Waals surface area contributed by atoms with Crippen LogP contribution in [0.3, 0.4) is 0 Å². The smallest absolute Gasteiger partial charge is 0.160 e. The van der Waals surface area contributed by atoms with Crippen molar-refractivity contribution in [1.82, 2.24) is 15.3 Å². The van der Waals surface area contributed by atoms with Crippen LogP contribution in [-0.2, 0) is 21.6 Å². The fraction of sp³-hybridized carbons (Fsp3) is 0.750. The van der Waals surface area contributed by atoms with E-state index in [1.54, 1.807) is 7.11 Å². The summed E-state index contributed by atoms with van der Waals surface area (Å²) < 4.78 is 11.3. The van der Waals surface area contributed by atoms with Gasteiger partial charge in [-0.2, -0.15) is 0 Å². The van der Waals surface area contributed by atoms with E-state index in [0.717, 1.165) is 36.6 Å². The Bertz CT molecular complexity index is 485. The van der Waals surface area contributed by atoms with Crippen LogP contribution in [0.25, 0.3) is 0 Å². The molecule has 0 spiro atoms. The predicted molar refractivity (Wildman–Crippen MR) is 80.1 cm³/mol. The minimum atomic E-state index is -0.379. The van der Waals surface area contributed by atoms with Gasteiger partial charge in [-0.25, -0.2) is 9.97 Å². The molecule has 0 amide bonds. The first-order valence-corrected chi connectivity index (χ1v) is 7.85. The minimum absolute atomic E-state index is 0.379. The normalized spacial score (nSPS) is 21.5. The molecule has 2 heterocycles. The van der Waals surface area contributed by atoms with Crippen LogP contribution in [-0.4, -0.2) is 36.3 Å². The number of nitrogens with one attached hydrogen (secondary N) is 1. The fourth-order valence-corrected chi connectivity index (χ4v) is 2.95. The highest BCUT2D eigenvalue weighted by Crippen LogP contribution is 2.34. The summed E-state index contributed by atoms with van der Waals surface area (Å²) in [6, 6.07) is 0.698. The molecule has 5 heteroatoms. The Kier molecular flexibility index (Phi) is 4.24. The third-order valence-electron chi connectivity index (χ3n) is 4.66. The highest BCUT2D eigenvalue weighted by Gasteiger charge is 2.38. The first-order chi connectivity index (χ1) is 10.1. The number of rotatable bonds is 5. The fourth-order valence-electron chi connectivity index (χ4n) is 2.95. The molecule has 1 saturated carbocycles. The molecule has 0 aromatic carbocycles. The molecule has 0 atom stereocenters. The summed E-state index contributed by atoms with van der Waals surface area (Å²) in [5, 5.41) is 3.55. The van der Waals surface area contributed by atoms with E-state index in [-0.39, 0.29) is 5.60 Å². The first-order valence-electron chi connectivity index (χ1n) is 7.85. The highest BCUT2D eigenvalue weighted by atomic mass is 16.5. The van der Waals surface area contributed by atoms with Crippen LogP contribution < -0.4 is 5.32 Å².